The van der Waals surface area contributed by atoms with Gasteiger partial charge in [0.05, 0.1) is 12.3 Å². The third kappa shape index (κ3) is 4.25. The number of allylic oxidation sites excluding steroid dienone is 4. The highest BCUT2D eigenvalue weighted by Gasteiger charge is 2.08. The largest absolute Gasteiger partial charge is 0.508 e. The second kappa shape index (κ2) is 7.50. The first-order valence-corrected chi connectivity index (χ1v) is 7.39. The summed E-state index contributed by atoms with van der Waals surface area (Å²) in [6, 6.07) is 8.31. The van der Waals surface area contributed by atoms with E-state index in [9.17, 15) is 5.11 Å². The minimum atomic E-state index is 0.294. The van der Waals surface area contributed by atoms with Crippen LogP contribution in [-0.4, -0.2) is 31.5 Å². The molecule has 1 heterocycles. The van der Waals surface area contributed by atoms with Crippen LogP contribution in [0.5, 0.6) is 0 Å². The molecule has 0 aromatic heterocycles. The van der Waals surface area contributed by atoms with Crippen molar-refractivity contribution in [3.63, 3.8) is 0 Å². The van der Waals surface area contributed by atoms with Crippen LogP contribution in [-0.2, 0) is 0 Å². The number of nitrogens with zero attached hydrogens (tertiary/aromatic N) is 2. The fourth-order valence-electron chi connectivity index (χ4n) is 2.19. The van der Waals surface area contributed by atoms with Crippen LogP contribution in [0, 0.1) is 0 Å². The summed E-state index contributed by atoms with van der Waals surface area (Å²) in [7, 11) is 4.05. The predicted octanol–water partition coefficient (Wildman–Crippen LogP) is 3.39. The molecule has 116 valence electrons. The van der Waals surface area contributed by atoms with Gasteiger partial charge in [0, 0.05) is 25.3 Å². The molecule has 0 amide bonds. The Morgan fingerprint density at radius 2 is 2.05 bits per heavy atom. The Bertz CT molecular complexity index is 622. The van der Waals surface area contributed by atoms with Crippen LogP contribution in [0.15, 0.2) is 65.0 Å². The summed E-state index contributed by atoms with van der Waals surface area (Å²) in [5.74, 6) is 0.294. The van der Waals surface area contributed by atoms with Crippen molar-refractivity contribution in [2.75, 3.05) is 25.5 Å². The van der Waals surface area contributed by atoms with Crippen LogP contribution in [0.2, 0.25) is 0 Å². The third-order valence-electron chi connectivity index (χ3n) is 3.44. The van der Waals surface area contributed by atoms with Gasteiger partial charge in [-0.1, -0.05) is 18.2 Å². The van der Waals surface area contributed by atoms with Crippen molar-refractivity contribution in [3.8, 4) is 0 Å². The maximum absolute atomic E-state index is 9.64. The van der Waals surface area contributed by atoms with E-state index < -0.39 is 0 Å². The molecule has 0 atom stereocenters. The van der Waals surface area contributed by atoms with Gasteiger partial charge < -0.3 is 15.4 Å². The van der Waals surface area contributed by atoms with E-state index in [1.807, 2.05) is 33.2 Å². The number of aliphatic hydroxyl groups excluding tert-OH is 1. The number of benzene rings is 1. The molecular formula is C18H23N3O. The highest BCUT2D eigenvalue weighted by molar-refractivity contribution is 6.09. The topological polar surface area (TPSA) is 47.9 Å². The normalized spacial score (nSPS) is 15.3. The molecule has 2 rings (SSSR count). The van der Waals surface area contributed by atoms with Crippen molar-refractivity contribution in [2.45, 2.75) is 13.3 Å². The second-order valence-electron chi connectivity index (χ2n) is 5.41. The molecule has 22 heavy (non-hydrogen) atoms. The maximum atomic E-state index is 9.64. The average Bonchev–Trinajstić information content (AvgIpc) is 2.53. The minimum absolute atomic E-state index is 0.294. The molecular weight excluding hydrogens is 274 g/mol. The molecule has 4 nitrogen and oxygen atoms in total. The van der Waals surface area contributed by atoms with Crippen LogP contribution < -0.4 is 10.3 Å². The van der Waals surface area contributed by atoms with Gasteiger partial charge in [-0.05, 0) is 49.3 Å². The molecule has 0 saturated heterocycles. The molecule has 1 aromatic rings. The van der Waals surface area contributed by atoms with Crippen molar-refractivity contribution in [3.05, 3.63) is 65.5 Å². The molecule has 0 spiro atoms. The number of hydrogen-bond donors (Lipinski definition) is 2. The molecule has 0 aliphatic carbocycles. The monoisotopic (exact) mass is 297 g/mol. The van der Waals surface area contributed by atoms with Gasteiger partial charge in [-0.25, -0.2) is 0 Å². The zero-order chi connectivity index (χ0) is 15.9. The van der Waals surface area contributed by atoms with Crippen molar-refractivity contribution >= 4 is 11.4 Å². The summed E-state index contributed by atoms with van der Waals surface area (Å²) in [4.78, 5) is 2.07. The van der Waals surface area contributed by atoms with E-state index in [1.165, 1.54) is 5.57 Å². The number of rotatable bonds is 5. The Morgan fingerprint density at radius 3 is 2.68 bits per heavy atom. The summed E-state index contributed by atoms with van der Waals surface area (Å²) >= 11 is 0. The molecule has 1 aliphatic rings. The number of anilines is 1. The van der Waals surface area contributed by atoms with Gasteiger partial charge >= 0.3 is 0 Å². The molecule has 1 aliphatic heterocycles. The van der Waals surface area contributed by atoms with E-state index in [1.54, 1.807) is 6.08 Å². The SMILES string of the molecule is C/C=C\C(O)=C/CC1=CC(c2ccc(N(C)C)cc2)=NNC1. The quantitative estimate of drug-likeness (QED) is 0.647. The summed E-state index contributed by atoms with van der Waals surface area (Å²) in [6.07, 6.45) is 8.11. The first-order valence-electron chi connectivity index (χ1n) is 7.39. The van der Waals surface area contributed by atoms with E-state index in [-0.39, 0.29) is 0 Å². The van der Waals surface area contributed by atoms with E-state index >= 15 is 0 Å². The van der Waals surface area contributed by atoms with Gasteiger partial charge in [0.2, 0.25) is 0 Å². The van der Waals surface area contributed by atoms with E-state index in [2.05, 4.69) is 45.8 Å². The van der Waals surface area contributed by atoms with E-state index in [0.717, 1.165) is 17.0 Å². The molecule has 0 fully saturated rings. The highest BCUT2D eigenvalue weighted by atomic mass is 16.3. The Hall–Kier alpha value is -2.49. The lowest BCUT2D eigenvalue weighted by atomic mass is 10.0. The van der Waals surface area contributed by atoms with Crippen LogP contribution >= 0.6 is 0 Å². The average molecular weight is 297 g/mol. The van der Waals surface area contributed by atoms with Gasteiger partial charge in [-0.2, -0.15) is 5.10 Å². The lowest BCUT2D eigenvalue weighted by Gasteiger charge is -2.15. The zero-order valence-corrected chi connectivity index (χ0v) is 13.4. The van der Waals surface area contributed by atoms with Crippen molar-refractivity contribution in [1.29, 1.82) is 0 Å². The van der Waals surface area contributed by atoms with Crippen LogP contribution in [0.4, 0.5) is 5.69 Å². The minimum Gasteiger partial charge on any atom is -0.508 e. The second-order valence-corrected chi connectivity index (χ2v) is 5.41. The Morgan fingerprint density at radius 1 is 1.32 bits per heavy atom. The van der Waals surface area contributed by atoms with Crippen LogP contribution in [0.25, 0.3) is 0 Å². The van der Waals surface area contributed by atoms with Gasteiger partial charge in [0.15, 0.2) is 0 Å². The molecule has 4 heteroatoms. The van der Waals surface area contributed by atoms with Gasteiger partial charge in [0.1, 0.15) is 5.76 Å². The molecule has 0 bridgehead atoms. The number of hydrazone groups is 1. The smallest absolute Gasteiger partial charge is 0.111 e. The van der Waals surface area contributed by atoms with Gasteiger partial charge in [-0.3, -0.25) is 0 Å². The predicted molar refractivity (Wildman–Crippen MR) is 93.5 cm³/mol. The molecule has 2 N–H and O–H groups in total. The number of nitrogens with one attached hydrogen (secondary N) is 1. The van der Waals surface area contributed by atoms with Crippen LogP contribution in [0.3, 0.4) is 0 Å². The fraction of sp³-hybridized carbons (Fsp3) is 0.278. The first-order chi connectivity index (χ1) is 10.6. The Kier molecular flexibility index (Phi) is 5.42. The molecule has 0 saturated carbocycles. The summed E-state index contributed by atoms with van der Waals surface area (Å²) in [6.45, 7) is 2.59. The highest BCUT2D eigenvalue weighted by Crippen LogP contribution is 2.16. The standard InChI is InChI=1S/C18H23N3O/c1-4-5-17(22)11-6-14-12-18(20-19-13-14)15-7-9-16(10-8-15)21(2)3/h4-5,7-12,19,22H,6,13H2,1-3H3/b5-4-,17-11+. The number of aliphatic hydroxyl groups is 1. The lowest BCUT2D eigenvalue weighted by molar-refractivity contribution is 0.430. The van der Waals surface area contributed by atoms with Crippen molar-refractivity contribution < 1.29 is 5.11 Å². The summed E-state index contributed by atoms with van der Waals surface area (Å²) in [5, 5.41) is 14.0. The lowest BCUT2D eigenvalue weighted by Crippen LogP contribution is -2.19. The molecule has 0 radical (unpaired) electrons. The van der Waals surface area contributed by atoms with E-state index in [0.29, 0.717) is 18.7 Å². The van der Waals surface area contributed by atoms with Crippen molar-refractivity contribution in [1.82, 2.24) is 5.43 Å². The fourth-order valence-corrected chi connectivity index (χ4v) is 2.19. The molecule has 0 unspecified atom stereocenters. The summed E-state index contributed by atoms with van der Waals surface area (Å²) < 4.78 is 0. The van der Waals surface area contributed by atoms with E-state index in [4.69, 9.17) is 0 Å². The number of hydrogen-bond acceptors (Lipinski definition) is 4. The third-order valence-corrected chi connectivity index (χ3v) is 3.44. The van der Waals surface area contributed by atoms with Crippen LogP contribution in [0.1, 0.15) is 18.9 Å². The zero-order valence-electron chi connectivity index (χ0n) is 13.4. The maximum Gasteiger partial charge on any atom is 0.111 e. The summed E-state index contributed by atoms with van der Waals surface area (Å²) in [5.41, 5.74) is 7.41. The van der Waals surface area contributed by atoms with Crippen molar-refractivity contribution in [2.24, 2.45) is 5.10 Å². The Labute approximate surface area is 132 Å². The molecule has 1 aromatic carbocycles. The first kappa shape index (κ1) is 15.9. The van der Waals surface area contributed by atoms with Gasteiger partial charge in [-0.15, -0.1) is 0 Å². The van der Waals surface area contributed by atoms with Gasteiger partial charge in [0.25, 0.3) is 0 Å². The Balaban J connectivity index is 2.11.